The lowest BCUT2D eigenvalue weighted by atomic mass is 10.0. The standard InChI is InChI=1S/C21H17ClN4O2/c1-4-15(22)8-7-13(2)18-19-16(6-5-9-23-19)25-10-11-26(21(27)20(18)25)17-12-14(3)28-24-17/h1,5-9,12H,10-11H2,2-3H3/b13-7+,15-8+. The molecule has 0 radical (unpaired) electrons. The number of pyridine rings is 1. The van der Waals surface area contributed by atoms with Gasteiger partial charge in [-0.1, -0.05) is 28.8 Å². The summed E-state index contributed by atoms with van der Waals surface area (Å²) in [5.74, 6) is 3.39. The van der Waals surface area contributed by atoms with Crippen molar-refractivity contribution in [2.75, 3.05) is 11.4 Å². The predicted molar refractivity (Wildman–Crippen MR) is 109 cm³/mol. The summed E-state index contributed by atoms with van der Waals surface area (Å²) < 4.78 is 7.16. The van der Waals surface area contributed by atoms with Crippen molar-refractivity contribution in [2.24, 2.45) is 0 Å². The molecule has 1 amide bonds. The lowest BCUT2D eigenvalue weighted by molar-refractivity contribution is 0.0964. The quantitative estimate of drug-likeness (QED) is 0.496. The molecule has 140 valence electrons. The molecule has 6 nitrogen and oxygen atoms in total. The second-order valence-electron chi connectivity index (χ2n) is 6.51. The van der Waals surface area contributed by atoms with Crippen LogP contribution in [0.25, 0.3) is 16.6 Å². The molecule has 0 spiro atoms. The van der Waals surface area contributed by atoms with E-state index in [1.54, 1.807) is 36.2 Å². The molecule has 0 unspecified atom stereocenters. The van der Waals surface area contributed by atoms with Gasteiger partial charge in [-0.25, -0.2) is 0 Å². The number of halogens is 1. The van der Waals surface area contributed by atoms with Gasteiger partial charge in [0, 0.05) is 30.9 Å². The van der Waals surface area contributed by atoms with Gasteiger partial charge in [-0.15, -0.1) is 6.42 Å². The summed E-state index contributed by atoms with van der Waals surface area (Å²) in [5, 5.41) is 4.29. The molecule has 1 aliphatic heterocycles. The van der Waals surface area contributed by atoms with Crippen LogP contribution < -0.4 is 4.90 Å². The van der Waals surface area contributed by atoms with Crippen LogP contribution in [-0.2, 0) is 6.54 Å². The van der Waals surface area contributed by atoms with Crippen LogP contribution in [0, 0.1) is 19.3 Å². The van der Waals surface area contributed by atoms with Crippen molar-refractivity contribution in [3.05, 3.63) is 58.6 Å². The van der Waals surface area contributed by atoms with Gasteiger partial charge < -0.3 is 9.09 Å². The van der Waals surface area contributed by atoms with Gasteiger partial charge in [-0.3, -0.25) is 14.7 Å². The van der Waals surface area contributed by atoms with E-state index in [2.05, 4.69) is 16.1 Å². The Kier molecular flexibility index (Phi) is 4.54. The zero-order valence-electron chi connectivity index (χ0n) is 15.4. The zero-order chi connectivity index (χ0) is 19.8. The third-order valence-electron chi connectivity index (χ3n) is 4.72. The first-order valence-electron chi connectivity index (χ1n) is 8.74. The highest BCUT2D eigenvalue weighted by Gasteiger charge is 2.33. The van der Waals surface area contributed by atoms with E-state index in [4.69, 9.17) is 22.5 Å². The number of rotatable bonds is 3. The predicted octanol–water partition coefficient (Wildman–Crippen LogP) is 4.15. The van der Waals surface area contributed by atoms with E-state index in [1.807, 2.05) is 23.6 Å². The van der Waals surface area contributed by atoms with Crippen molar-refractivity contribution >= 4 is 39.9 Å². The molecule has 0 N–H and O–H groups in total. The van der Waals surface area contributed by atoms with Crippen LogP contribution in [-0.4, -0.2) is 27.2 Å². The molecular weight excluding hydrogens is 376 g/mol. The molecule has 4 heterocycles. The van der Waals surface area contributed by atoms with Crippen molar-refractivity contribution in [3.63, 3.8) is 0 Å². The Morgan fingerprint density at radius 3 is 2.93 bits per heavy atom. The molecule has 3 aromatic heterocycles. The van der Waals surface area contributed by atoms with E-state index in [1.165, 1.54) is 0 Å². The minimum Gasteiger partial charge on any atom is -0.360 e. The molecule has 0 saturated carbocycles. The van der Waals surface area contributed by atoms with Crippen molar-refractivity contribution in [1.29, 1.82) is 0 Å². The molecule has 0 aliphatic carbocycles. The van der Waals surface area contributed by atoms with E-state index >= 15 is 0 Å². The number of anilines is 1. The first-order chi connectivity index (χ1) is 13.5. The van der Waals surface area contributed by atoms with Crippen LogP contribution in [0.15, 0.2) is 46.1 Å². The molecular formula is C21H17ClN4O2. The molecule has 4 rings (SSSR count). The van der Waals surface area contributed by atoms with Gasteiger partial charge in [0.15, 0.2) is 5.82 Å². The Balaban J connectivity index is 1.91. The molecule has 28 heavy (non-hydrogen) atoms. The van der Waals surface area contributed by atoms with Gasteiger partial charge in [0.25, 0.3) is 5.91 Å². The summed E-state index contributed by atoms with van der Waals surface area (Å²) in [7, 11) is 0. The highest BCUT2D eigenvalue weighted by Crippen LogP contribution is 2.34. The molecule has 0 saturated heterocycles. The Bertz CT molecular complexity index is 1190. The van der Waals surface area contributed by atoms with Crippen LogP contribution in [0.4, 0.5) is 5.82 Å². The Morgan fingerprint density at radius 1 is 1.39 bits per heavy atom. The van der Waals surface area contributed by atoms with Crippen molar-refractivity contribution in [3.8, 4) is 12.3 Å². The van der Waals surface area contributed by atoms with Gasteiger partial charge in [-0.05, 0) is 37.6 Å². The number of allylic oxidation sites excluding steroid dienone is 4. The fourth-order valence-corrected chi connectivity index (χ4v) is 3.52. The first-order valence-corrected chi connectivity index (χ1v) is 9.12. The fraction of sp³-hybridized carbons (Fsp3) is 0.190. The number of fused-ring (bicyclic) bond motifs is 3. The van der Waals surface area contributed by atoms with Gasteiger partial charge in [-0.2, -0.15) is 0 Å². The van der Waals surface area contributed by atoms with Crippen molar-refractivity contribution < 1.29 is 9.32 Å². The number of nitrogens with zero attached hydrogens (tertiary/aromatic N) is 4. The van der Waals surface area contributed by atoms with Gasteiger partial charge >= 0.3 is 0 Å². The average Bonchev–Trinajstić information content (AvgIpc) is 3.28. The van der Waals surface area contributed by atoms with Gasteiger partial charge in [0.2, 0.25) is 0 Å². The molecule has 0 atom stereocenters. The summed E-state index contributed by atoms with van der Waals surface area (Å²) in [4.78, 5) is 19.6. The summed E-state index contributed by atoms with van der Waals surface area (Å²) in [6, 6.07) is 5.59. The summed E-state index contributed by atoms with van der Waals surface area (Å²) >= 11 is 5.93. The lowest BCUT2D eigenvalue weighted by Gasteiger charge is -2.27. The second kappa shape index (κ2) is 7.02. The normalized spacial score (nSPS) is 15.1. The Morgan fingerprint density at radius 2 is 2.21 bits per heavy atom. The second-order valence-corrected chi connectivity index (χ2v) is 6.91. The third kappa shape index (κ3) is 2.90. The van der Waals surface area contributed by atoms with Crippen LogP contribution in [0.3, 0.4) is 0 Å². The average molecular weight is 393 g/mol. The van der Waals surface area contributed by atoms with Gasteiger partial charge in [0.1, 0.15) is 11.5 Å². The van der Waals surface area contributed by atoms with E-state index in [-0.39, 0.29) is 10.9 Å². The Hall–Kier alpha value is -3.30. The molecule has 0 aromatic carbocycles. The van der Waals surface area contributed by atoms with E-state index < -0.39 is 0 Å². The summed E-state index contributed by atoms with van der Waals surface area (Å²) in [5.41, 5.74) is 3.86. The summed E-state index contributed by atoms with van der Waals surface area (Å²) in [6.07, 6.45) is 10.5. The van der Waals surface area contributed by atoms with Crippen LogP contribution >= 0.6 is 11.6 Å². The topological polar surface area (TPSA) is 64.2 Å². The van der Waals surface area contributed by atoms with Crippen LogP contribution in [0.2, 0.25) is 0 Å². The Labute approximate surface area is 167 Å². The maximum atomic E-state index is 13.4. The maximum absolute atomic E-state index is 13.4. The number of aromatic nitrogens is 3. The van der Waals surface area contributed by atoms with E-state index in [0.717, 1.165) is 22.2 Å². The maximum Gasteiger partial charge on any atom is 0.276 e. The SMILES string of the molecule is C#C/C(Cl)=C\C=C(/C)c1c2n(c3cccnc13)CCN(c1cc(C)on1)C2=O. The minimum absolute atomic E-state index is 0.146. The smallest absolute Gasteiger partial charge is 0.276 e. The lowest BCUT2D eigenvalue weighted by Crippen LogP contribution is -2.40. The fourth-order valence-electron chi connectivity index (χ4n) is 3.46. The molecule has 1 aliphatic rings. The minimum atomic E-state index is -0.146. The third-order valence-corrected chi connectivity index (χ3v) is 4.95. The number of terminal acetylenes is 1. The number of amides is 1. The highest BCUT2D eigenvalue weighted by atomic mass is 35.5. The largest absolute Gasteiger partial charge is 0.360 e. The van der Waals surface area contributed by atoms with E-state index in [9.17, 15) is 4.79 Å². The van der Waals surface area contributed by atoms with Crippen molar-refractivity contribution in [1.82, 2.24) is 14.7 Å². The number of hydrogen-bond donors (Lipinski definition) is 0. The zero-order valence-corrected chi connectivity index (χ0v) is 16.2. The number of aryl methyl sites for hydroxylation is 1. The van der Waals surface area contributed by atoms with Crippen LogP contribution in [0.5, 0.6) is 0 Å². The first kappa shape index (κ1) is 18.1. The highest BCUT2D eigenvalue weighted by molar-refractivity contribution is 6.32. The number of carbonyl (C=O) groups is 1. The molecule has 0 fully saturated rings. The van der Waals surface area contributed by atoms with Crippen molar-refractivity contribution in [2.45, 2.75) is 20.4 Å². The molecule has 3 aromatic rings. The number of carbonyl (C=O) groups excluding carboxylic acids is 1. The van der Waals surface area contributed by atoms with E-state index in [0.29, 0.717) is 30.4 Å². The molecule has 0 bridgehead atoms. The van der Waals surface area contributed by atoms with Crippen LogP contribution in [0.1, 0.15) is 28.7 Å². The monoisotopic (exact) mass is 392 g/mol. The number of hydrogen-bond acceptors (Lipinski definition) is 4. The van der Waals surface area contributed by atoms with Gasteiger partial charge in [0.05, 0.1) is 16.1 Å². The molecule has 7 heteroatoms. The summed E-state index contributed by atoms with van der Waals surface area (Å²) in [6.45, 7) is 4.84.